The number of aryl methyl sites for hydroxylation is 4. The van der Waals surface area contributed by atoms with E-state index in [1.54, 1.807) is 0 Å². The molecule has 4 heteroatoms. The van der Waals surface area contributed by atoms with E-state index < -0.39 is 0 Å². The first-order valence-corrected chi connectivity index (χ1v) is 35.8. The van der Waals surface area contributed by atoms with Crippen LogP contribution in [0.4, 0.5) is 17.1 Å². The molecule has 0 amide bonds. The highest BCUT2D eigenvalue weighted by Crippen LogP contribution is 2.40. The molecule has 16 aromatic carbocycles. The third-order valence-electron chi connectivity index (χ3n) is 19.8. The molecule has 0 aliphatic heterocycles. The number of nitrogens with zero attached hydrogens (tertiary/aromatic N) is 4. The second-order valence-corrected chi connectivity index (χ2v) is 26.7. The van der Waals surface area contributed by atoms with Gasteiger partial charge in [-0.15, -0.1) is 0 Å². The van der Waals surface area contributed by atoms with Crippen LogP contribution in [0.5, 0.6) is 0 Å². The zero-order chi connectivity index (χ0) is 70.3. The van der Waals surface area contributed by atoms with Crippen molar-refractivity contribution in [2.75, 3.05) is 4.90 Å². The lowest BCUT2D eigenvalue weighted by molar-refractivity contribution is 1.15. The van der Waals surface area contributed by atoms with Gasteiger partial charge in [0.1, 0.15) is 0 Å². The molecule has 0 saturated heterocycles. The van der Waals surface area contributed by atoms with Crippen LogP contribution in [0.25, 0.3) is 127 Å². The molecule has 19 rings (SSSR count). The van der Waals surface area contributed by atoms with E-state index in [1.165, 1.54) is 149 Å². The largest absolute Gasteiger partial charge is 0.311 e. The van der Waals surface area contributed by atoms with Gasteiger partial charge in [0.2, 0.25) is 0 Å². The van der Waals surface area contributed by atoms with Gasteiger partial charge in [-0.2, -0.15) is 0 Å². The molecular weight excluding hydrogens is 1260 g/mol. The Hall–Kier alpha value is -13.3. The van der Waals surface area contributed by atoms with Gasteiger partial charge in [-0.3, -0.25) is 0 Å². The van der Waals surface area contributed by atoms with Gasteiger partial charge in [-0.05, 0) is 193 Å². The third-order valence-corrected chi connectivity index (χ3v) is 19.8. The van der Waals surface area contributed by atoms with E-state index in [0.717, 1.165) is 17.1 Å². The van der Waals surface area contributed by atoms with Crippen molar-refractivity contribution < 1.29 is 0 Å². The highest BCUT2D eigenvalue weighted by atomic mass is 15.1. The maximum Gasteiger partial charge on any atom is 0.0541 e. The molecule has 4 nitrogen and oxygen atoms in total. The SMILES string of the molecule is Cc1ccc(-c2ccc(N(c3ccc(-c4ccccc4)cc3)c3ccc(-c4ccccc4)cc3)cc2)cc1.Cc1ccc(-c2ccc3c(c2)c2ccccc2n3-c2ccccc2)cc1.Cc1cccc(-n2c3ccccc3c3ccccc32)c1.Cc1ccccc1-n1c2ccccc2c2ccccc21. The van der Waals surface area contributed by atoms with Gasteiger partial charge in [-0.25, -0.2) is 0 Å². The summed E-state index contributed by atoms with van der Waals surface area (Å²) in [5, 5.41) is 7.83. The van der Waals surface area contributed by atoms with Crippen molar-refractivity contribution >= 4 is 82.5 Å². The highest BCUT2D eigenvalue weighted by molar-refractivity contribution is 6.12. The Labute approximate surface area is 609 Å². The minimum atomic E-state index is 1.13. The van der Waals surface area contributed by atoms with Crippen molar-refractivity contribution in [2.24, 2.45) is 0 Å². The van der Waals surface area contributed by atoms with Crippen LogP contribution >= 0.6 is 0 Å². The molecule has 0 bridgehead atoms. The van der Waals surface area contributed by atoms with Crippen LogP contribution in [0.3, 0.4) is 0 Å². The number of rotatable bonds is 10. The van der Waals surface area contributed by atoms with Gasteiger partial charge in [0.05, 0.1) is 33.1 Å². The molecule has 0 aliphatic rings. The number of hydrogen-bond donors (Lipinski definition) is 0. The first kappa shape index (κ1) is 65.3. The minimum Gasteiger partial charge on any atom is -0.311 e. The summed E-state index contributed by atoms with van der Waals surface area (Å²) in [6, 6.07) is 143. The summed E-state index contributed by atoms with van der Waals surface area (Å²) in [7, 11) is 0. The van der Waals surface area contributed by atoms with Crippen LogP contribution in [-0.4, -0.2) is 13.7 Å². The standard InChI is InChI=1S/C37H29N.C25H19N.2C19H15N/c1-28-12-14-31(15-13-28)34-20-26-37(27-21-34)38(35-22-16-32(17-23-35)29-8-4-2-5-9-29)36-24-18-33(19-25-36)30-10-6-3-7-11-30;1-18-11-13-19(14-12-18)20-15-16-25-23(17-20)22-9-5-6-10-24(22)26(25)21-7-3-2-4-8-21;1-14-8-2-5-11-17(14)20-18-12-6-3-9-15(18)16-10-4-7-13-19(16)20;1-14-7-6-8-15(13-14)20-18-11-4-2-9-16(18)17-10-3-5-12-19(17)20/h2-27H,1H3;2-17H,1H3;2*2-13H,1H3. The Bertz CT molecular complexity index is 5960. The molecule has 0 unspecified atom stereocenters. The van der Waals surface area contributed by atoms with Crippen molar-refractivity contribution in [2.45, 2.75) is 27.7 Å². The maximum atomic E-state index is 2.36. The summed E-state index contributed by atoms with van der Waals surface area (Å²) >= 11 is 0. The van der Waals surface area contributed by atoms with Crippen LogP contribution in [-0.2, 0) is 0 Å². The number of benzene rings is 16. The molecule has 0 N–H and O–H groups in total. The predicted molar refractivity (Wildman–Crippen MR) is 444 cm³/mol. The van der Waals surface area contributed by atoms with E-state index in [0.29, 0.717) is 0 Å². The average molecular weight is 1340 g/mol. The number of hydrogen-bond acceptors (Lipinski definition) is 1. The van der Waals surface area contributed by atoms with Crippen LogP contribution in [0, 0.1) is 27.7 Å². The molecule has 0 radical (unpaired) electrons. The molecular formula is C100H78N4. The molecule has 0 aliphatic carbocycles. The fourth-order valence-electron chi connectivity index (χ4n) is 14.6. The summed E-state index contributed by atoms with van der Waals surface area (Å²) in [6.07, 6.45) is 0. The van der Waals surface area contributed by atoms with Crippen molar-refractivity contribution in [3.8, 4) is 61.6 Å². The van der Waals surface area contributed by atoms with E-state index in [-0.39, 0.29) is 0 Å². The lowest BCUT2D eigenvalue weighted by Gasteiger charge is -2.26. The summed E-state index contributed by atoms with van der Waals surface area (Å²) in [5.41, 5.74) is 29.6. The van der Waals surface area contributed by atoms with Crippen LogP contribution in [0.1, 0.15) is 22.3 Å². The van der Waals surface area contributed by atoms with Crippen LogP contribution in [0.2, 0.25) is 0 Å². The molecule has 19 aromatic rings. The summed E-state index contributed by atoms with van der Waals surface area (Å²) < 4.78 is 7.06. The van der Waals surface area contributed by atoms with E-state index in [1.807, 2.05) is 0 Å². The van der Waals surface area contributed by atoms with E-state index >= 15 is 0 Å². The molecule has 0 atom stereocenters. The van der Waals surface area contributed by atoms with Gasteiger partial charge in [0.25, 0.3) is 0 Å². The zero-order valence-electron chi connectivity index (χ0n) is 58.9. The van der Waals surface area contributed by atoms with Crippen molar-refractivity contribution in [3.63, 3.8) is 0 Å². The topological polar surface area (TPSA) is 18.0 Å². The molecule has 104 heavy (non-hydrogen) atoms. The molecule has 0 fully saturated rings. The first-order valence-electron chi connectivity index (χ1n) is 35.8. The smallest absolute Gasteiger partial charge is 0.0541 e. The van der Waals surface area contributed by atoms with Gasteiger partial charge in [0, 0.05) is 66.4 Å². The van der Waals surface area contributed by atoms with E-state index in [9.17, 15) is 0 Å². The van der Waals surface area contributed by atoms with Crippen LogP contribution < -0.4 is 4.90 Å². The monoisotopic (exact) mass is 1330 g/mol. The Morgan fingerprint density at radius 2 is 0.481 bits per heavy atom. The Balaban J connectivity index is 0.000000111. The van der Waals surface area contributed by atoms with Gasteiger partial charge < -0.3 is 18.6 Å². The lowest BCUT2D eigenvalue weighted by atomic mass is 10.0. The fourth-order valence-corrected chi connectivity index (χ4v) is 14.6. The van der Waals surface area contributed by atoms with Crippen LogP contribution in [0.15, 0.2) is 400 Å². The predicted octanol–water partition coefficient (Wildman–Crippen LogP) is 27.4. The number of para-hydroxylation sites is 7. The van der Waals surface area contributed by atoms with E-state index in [2.05, 4.69) is 447 Å². The molecule has 3 aromatic heterocycles. The quantitative estimate of drug-likeness (QED) is 0.133. The Morgan fingerprint density at radius 1 is 0.183 bits per heavy atom. The zero-order valence-corrected chi connectivity index (χ0v) is 58.9. The maximum absolute atomic E-state index is 2.36. The lowest BCUT2D eigenvalue weighted by Crippen LogP contribution is -2.09. The molecule has 0 spiro atoms. The highest BCUT2D eigenvalue weighted by Gasteiger charge is 2.18. The molecule has 0 saturated carbocycles. The van der Waals surface area contributed by atoms with Gasteiger partial charge >= 0.3 is 0 Å². The second kappa shape index (κ2) is 29.5. The molecule has 498 valence electrons. The number of anilines is 3. The van der Waals surface area contributed by atoms with Crippen molar-refractivity contribution in [1.82, 2.24) is 13.7 Å². The third kappa shape index (κ3) is 13.4. The summed E-state index contributed by atoms with van der Waals surface area (Å²) in [5.74, 6) is 0. The van der Waals surface area contributed by atoms with Crippen molar-refractivity contribution in [1.29, 1.82) is 0 Å². The molecule has 3 heterocycles. The average Bonchev–Trinajstić information content (AvgIpc) is 1.61. The van der Waals surface area contributed by atoms with Crippen molar-refractivity contribution in [3.05, 3.63) is 423 Å². The first-order chi connectivity index (χ1) is 51.3. The number of fused-ring (bicyclic) bond motifs is 9. The summed E-state index contributed by atoms with van der Waals surface area (Å²) in [4.78, 5) is 2.32. The normalized spacial score (nSPS) is 11.1. The number of aromatic nitrogens is 3. The Kier molecular flexibility index (Phi) is 18.5. The van der Waals surface area contributed by atoms with E-state index in [4.69, 9.17) is 0 Å². The van der Waals surface area contributed by atoms with Gasteiger partial charge in [-0.1, -0.05) is 302 Å². The summed E-state index contributed by atoms with van der Waals surface area (Å²) in [6.45, 7) is 8.55. The second-order valence-electron chi connectivity index (χ2n) is 26.7. The van der Waals surface area contributed by atoms with Gasteiger partial charge in [0.15, 0.2) is 0 Å². The minimum absolute atomic E-state index is 1.13. The Morgan fingerprint density at radius 3 is 0.894 bits per heavy atom. The fraction of sp³-hybridized carbons (Fsp3) is 0.0400.